The first kappa shape index (κ1) is 16.7. The number of allylic oxidation sites excluding steroid dienone is 4. The predicted octanol–water partition coefficient (Wildman–Crippen LogP) is 4.83. The summed E-state index contributed by atoms with van der Waals surface area (Å²) in [5.41, 5.74) is 2.19. The molecule has 0 fully saturated rings. The molecule has 4 heteroatoms. The van der Waals surface area contributed by atoms with Crippen molar-refractivity contribution in [2.24, 2.45) is 0 Å². The van der Waals surface area contributed by atoms with Crippen molar-refractivity contribution in [3.8, 4) is 5.75 Å². The van der Waals surface area contributed by atoms with Crippen molar-refractivity contribution in [2.75, 3.05) is 20.8 Å². The van der Waals surface area contributed by atoms with Crippen LogP contribution in [0.5, 0.6) is 5.75 Å². The normalized spacial score (nSPS) is 11.9. The lowest BCUT2D eigenvalue weighted by Crippen LogP contribution is -1.91. The van der Waals surface area contributed by atoms with E-state index in [1.54, 1.807) is 14.2 Å². The lowest BCUT2D eigenvalue weighted by molar-refractivity contribution is 0.234. The number of rotatable bonds is 6. The molecule has 0 bridgehead atoms. The van der Waals surface area contributed by atoms with Crippen LogP contribution in [0.25, 0.3) is 5.57 Å². The summed E-state index contributed by atoms with van der Waals surface area (Å²) in [6.07, 6.45) is 6.06. The molecule has 0 amide bonds. The van der Waals surface area contributed by atoms with Gasteiger partial charge in [0.05, 0.1) is 17.3 Å². The quantitative estimate of drug-likeness (QED) is 0.428. The van der Waals surface area contributed by atoms with E-state index in [1.807, 2.05) is 30.4 Å². The van der Waals surface area contributed by atoms with Crippen LogP contribution in [0.4, 0.5) is 0 Å². The molecule has 102 valence electrons. The Hall–Kier alpha value is -0.340. The molecular formula is C15H16I2O2. The van der Waals surface area contributed by atoms with Gasteiger partial charge < -0.3 is 9.47 Å². The minimum Gasteiger partial charge on any atom is -0.496 e. The molecule has 1 aromatic carbocycles. The molecule has 0 radical (unpaired) electrons. The van der Waals surface area contributed by atoms with E-state index in [0.29, 0.717) is 6.61 Å². The summed E-state index contributed by atoms with van der Waals surface area (Å²) in [7, 11) is 3.37. The van der Waals surface area contributed by atoms with Gasteiger partial charge in [0.15, 0.2) is 0 Å². The largest absolute Gasteiger partial charge is 0.496 e. The molecule has 2 nitrogen and oxygen atoms in total. The Morgan fingerprint density at radius 1 is 1.32 bits per heavy atom. The molecular weight excluding hydrogens is 466 g/mol. The Bertz CT molecular complexity index is 505. The molecule has 0 spiro atoms. The molecule has 0 unspecified atom stereocenters. The summed E-state index contributed by atoms with van der Waals surface area (Å²) >= 11 is 4.45. The fourth-order valence-corrected chi connectivity index (χ4v) is 2.21. The minimum atomic E-state index is 0.571. The zero-order valence-corrected chi connectivity index (χ0v) is 15.3. The molecule has 0 saturated heterocycles. The second-order valence-corrected chi connectivity index (χ2v) is 6.29. The summed E-state index contributed by atoms with van der Waals surface area (Å²) in [6.45, 7) is 4.44. The van der Waals surface area contributed by atoms with Crippen LogP contribution >= 0.6 is 45.2 Å². The fraction of sp³-hybridized carbons (Fsp3) is 0.200. The molecule has 0 aliphatic heterocycles. The van der Waals surface area contributed by atoms with Crippen LogP contribution in [0.1, 0.15) is 5.56 Å². The van der Waals surface area contributed by atoms with E-state index in [0.717, 1.165) is 24.0 Å². The highest BCUT2D eigenvalue weighted by Crippen LogP contribution is 2.26. The average molecular weight is 482 g/mol. The van der Waals surface area contributed by atoms with Crippen molar-refractivity contribution in [3.05, 3.63) is 55.7 Å². The van der Waals surface area contributed by atoms with Crippen LogP contribution < -0.4 is 4.74 Å². The Kier molecular flexibility index (Phi) is 7.70. The van der Waals surface area contributed by atoms with Gasteiger partial charge in [-0.25, -0.2) is 0 Å². The van der Waals surface area contributed by atoms with Crippen LogP contribution in [0.2, 0.25) is 0 Å². The summed E-state index contributed by atoms with van der Waals surface area (Å²) in [5, 5.41) is 0. The maximum absolute atomic E-state index is 5.36. The lowest BCUT2D eigenvalue weighted by Gasteiger charge is -2.08. The van der Waals surface area contributed by atoms with Crippen LogP contribution in [-0.4, -0.2) is 20.8 Å². The van der Waals surface area contributed by atoms with Crippen LogP contribution in [0.15, 0.2) is 46.6 Å². The zero-order chi connectivity index (χ0) is 14.3. The minimum absolute atomic E-state index is 0.571. The summed E-state index contributed by atoms with van der Waals surface area (Å²) in [6, 6.07) is 6.15. The molecule has 0 aliphatic rings. The topological polar surface area (TPSA) is 18.5 Å². The van der Waals surface area contributed by atoms with Crippen LogP contribution in [-0.2, 0) is 4.74 Å². The molecule has 0 aromatic heterocycles. The number of hydrogen-bond donors (Lipinski definition) is 0. The highest BCUT2D eigenvalue weighted by Gasteiger charge is 2.04. The van der Waals surface area contributed by atoms with Crippen LogP contribution in [0.3, 0.4) is 0 Å². The third-order valence-corrected chi connectivity index (χ3v) is 3.65. The molecule has 1 rings (SSSR count). The maximum atomic E-state index is 5.36. The number of hydrogen-bond acceptors (Lipinski definition) is 2. The van der Waals surface area contributed by atoms with Gasteiger partial charge in [0.2, 0.25) is 0 Å². The first-order chi connectivity index (χ1) is 9.08. The van der Waals surface area contributed by atoms with E-state index in [2.05, 4.69) is 57.8 Å². The van der Waals surface area contributed by atoms with Crippen molar-refractivity contribution in [3.63, 3.8) is 0 Å². The number of benzene rings is 1. The SMILES string of the molecule is C=C(I)/C=C\C(=C/COC)c1ccc(I)c(OC)c1. The Morgan fingerprint density at radius 2 is 2.05 bits per heavy atom. The first-order valence-corrected chi connectivity index (χ1v) is 7.79. The van der Waals surface area contributed by atoms with Crippen molar-refractivity contribution in [2.45, 2.75) is 0 Å². The highest BCUT2D eigenvalue weighted by atomic mass is 127. The van der Waals surface area contributed by atoms with Crippen molar-refractivity contribution in [1.82, 2.24) is 0 Å². The van der Waals surface area contributed by atoms with Crippen molar-refractivity contribution >= 4 is 50.8 Å². The van der Waals surface area contributed by atoms with Gasteiger partial charge in [-0.15, -0.1) is 0 Å². The lowest BCUT2D eigenvalue weighted by atomic mass is 10.0. The van der Waals surface area contributed by atoms with Crippen molar-refractivity contribution < 1.29 is 9.47 Å². The molecule has 0 aliphatic carbocycles. The predicted molar refractivity (Wildman–Crippen MR) is 97.9 cm³/mol. The van der Waals surface area contributed by atoms with E-state index in [-0.39, 0.29) is 0 Å². The van der Waals surface area contributed by atoms with Gasteiger partial charge in [-0.2, -0.15) is 0 Å². The van der Waals surface area contributed by atoms with Gasteiger partial charge in [-0.05, 0) is 74.5 Å². The molecule has 0 saturated carbocycles. The fourth-order valence-electron chi connectivity index (χ4n) is 1.47. The van der Waals surface area contributed by atoms with E-state index in [4.69, 9.17) is 9.47 Å². The molecule has 19 heavy (non-hydrogen) atoms. The van der Waals surface area contributed by atoms with Gasteiger partial charge in [0, 0.05) is 10.7 Å². The zero-order valence-electron chi connectivity index (χ0n) is 11.0. The third-order valence-electron chi connectivity index (χ3n) is 2.40. The number of halogens is 2. The Morgan fingerprint density at radius 3 is 2.63 bits per heavy atom. The van der Waals surface area contributed by atoms with Gasteiger partial charge >= 0.3 is 0 Å². The van der Waals surface area contributed by atoms with E-state index < -0.39 is 0 Å². The number of ether oxygens (including phenoxy) is 2. The van der Waals surface area contributed by atoms with Gasteiger partial charge in [-0.3, -0.25) is 0 Å². The summed E-state index contributed by atoms with van der Waals surface area (Å²) in [4.78, 5) is 0. The summed E-state index contributed by atoms with van der Waals surface area (Å²) < 4.78 is 12.5. The molecule has 1 aromatic rings. The first-order valence-electron chi connectivity index (χ1n) is 5.64. The van der Waals surface area contributed by atoms with Gasteiger partial charge in [-0.1, -0.05) is 24.8 Å². The van der Waals surface area contributed by atoms with Crippen molar-refractivity contribution in [1.29, 1.82) is 0 Å². The Balaban J connectivity index is 3.13. The second-order valence-electron chi connectivity index (χ2n) is 3.74. The maximum Gasteiger partial charge on any atom is 0.132 e. The second kappa shape index (κ2) is 8.76. The van der Waals surface area contributed by atoms with Crippen LogP contribution in [0, 0.1) is 3.57 Å². The van der Waals surface area contributed by atoms with E-state index >= 15 is 0 Å². The van der Waals surface area contributed by atoms with Gasteiger partial charge in [0.25, 0.3) is 0 Å². The smallest absolute Gasteiger partial charge is 0.132 e. The highest BCUT2D eigenvalue weighted by molar-refractivity contribution is 14.1. The molecule has 0 atom stereocenters. The average Bonchev–Trinajstić information content (AvgIpc) is 2.39. The molecule has 0 N–H and O–H groups in total. The van der Waals surface area contributed by atoms with E-state index in [1.165, 1.54) is 0 Å². The summed E-state index contributed by atoms with van der Waals surface area (Å²) in [5.74, 6) is 0.878. The number of methoxy groups -OCH3 is 2. The Labute approximate surface area is 141 Å². The third kappa shape index (κ3) is 5.66. The standard InChI is InChI=1S/C15H16I2O2/c1-11(16)4-5-12(8-9-18-2)13-6-7-14(17)15(10-13)19-3/h4-8,10H,1,9H2,2-3H3/b5-4-,12-8+. The van der Waals surface area contributed by atoms with Gasteiger partial charge in [0.1, 0.15) is 5.75 Å². The monoisotopic (exact) mass is 482 g/mol. The van der Waals surface area contributed by atoms with E-state index in [9.17, 15) is 0 Å². The molecule has 0 heterocycles.